The van der Waals surface area contributed by atoms with Crippen molar-refractivity contribution in [1.29, 1.82) is 0 Å². The van der Waals surface area contributed by atoms with E-state index in [4.69, 9.17) is 0 Å². The van der Waals surface area contributed by atoms with Gasteiger partial charge in [-0.25, -0.2) is 0 Å². The van der Waals surface area contributed by atoms with Gasteiger partial charge < -0.3 is 16.0 Å². The topological polar surface area (TPSA) is 94.9 Å². The van der Waals surface area contributed by atoms with Crippen molar-refractivity contribution in [2.24, 2.45) is 10.2 Å². The van der Waals surface area contributed by atoms with Crippen molar-refractivity contribution in [3.8, 4) is 0 Å². The van der Waals surface area contributed by atoms with Crippen LogP contribution in [0.3, 0.4) is 0 Å². The normalized spacial score (nSPS) is 13.7. The third-order valence-corrected chi connectivity index (χ3v) is 3.54. The molecule has 3 rings (SSSR count). The van der Waals surface area contributed by atoms with E-state index < -0.39 is 11.9 Å². The summed E-state index contributed by atoms with van der Waals surface area (Å²) in [5.41, 5.74) is 2.80. The zero-order chi connectivity index (χ0) is 17.8. The zero-order valence-electron chi connectivity index (χ0n) is 13.6. The van der Waals surface area contributed by atoms with Crippen molar-refractivity contribution >= 4 is 34.4 Å². The molecule has 0 bridgehead atoms. The summed E-state index contributed by atoms with van der Waals surface area (Å²) in [7, 11) is 0. The number of nitrogens with zero attached hydrogens (tertiary/aromatic N) is 2. The van der Waals surface area contributed by atoms with Crippen molar-refractivity contribution < 1.29 is 9.59 Å². The Morgan fingerprint density at radius 3 is 2.52 bits per heavy atom. The molecular weight excluding hydrogens is 318 g/mol. The lowest BCUT2D eigenvalue weighted by atomic mass is 10.2. The average molecular weight is 335 g/mol. The van der Waals surface area contributed by atoms with Crippen LogP contribution >= 0.6 is 0 Å². The number of nitrogens with one attached hydrogen (secondary N) is 3. The third kappa shape index (κ3) is 3.89. The van der Waals surface area contributed by atoms with Crippen LogP contribution < -0.4 is 16.0 Å². The van der Waals surface area contributed by atoms with Crippen LogP contribution in [0.1, 0.15) is 6.92 Å². The van der Waals surface area contributed by atoms with E-state index in [1.165, 1.54) is 6.92 Å². The van der Waals surface area contributed by atoms with Gasteiger partial charge in [-0.3, -0.25) is 9.59 Å². The summed E-state index contributed by atoms with van der Waals surface area (Å²) in [5.74, 6) is -0.250. The Bertz CT molecular complexity index is 861. The minimum atomic E-state index is -1.20. The molecule has 126 valence electrons. The average Bonchev–Trinajstić information content (AvgIpc) is 2.95. The molecule has 2 aromatic rings. The Morgan fingerprint density at radius 2 is 1.80 bits per heavy atom. The molecule has 0 saturated heterocycles. The largest absolute Gasteiger partial charge is 0.341 e. The number of hydrogen-bond acceptors (Lipinski definition) is 6. The number of carbonyl (C=O) groups is 2. The number of rotatable bonds is 5. The lowest BCUT2D eigenvalue weighted by Crippen LogP contribution is -2.31. The van der Waals surface area contributed by atoms with Gasteiger partial charge in [0, 0.05) is 5.69 Å². The van der Waals surface area contributed by atoms with Crippen LogP contribution in [0.25, 0.3) is 0 Å². The Labute approximate surface area is 144 Å². The van der Waals surface area contributed by atoms with Gasteiger partial charge >= 0.3 is 0 Å². The Hall–Kier alpha value is -3.48. The van der Waals surface area contributed by atoms with E-state index >= 15 is 0 Å². The van der Waals surface area contributed by atoms with Gasteiger partial charge in [-0.1, -0.05) is 24.8 Å². The van der Waals surface area contributed by atoms with Gasteiger partial charge in [0.15, 0.2) is 5.78 Å². The lowest BCUT2D eigenvalue weighted by molar-refractivity contribution is -0.126. The molecule has 0 aromatic heterocycles. The van der Waals surface area contributed by atoms with Crippen molar-refractivity contribution in [3.63, 3.8) is 0 Å². The first-order valence-electron chi connectivity index (χ1n) is 7.67. The van der Waals surface area contributed by atoms with E-state index in [9.17, 15) is 9.59 Å². The maximum atomic E-state index is 12.4. The molecule has 3 N–H and O–H groups in total. The van der Waals surface area contributed by atoms with Crippen molar-refractivity contribution in [1.82, 2.24) is 0 Å². The Balaban J connectivity index is 1.73. The summed E-state index contributed by atoms with van der Waals surface area (Å²) < 4.78 is 0. The first kappa shape index (κ1) is 16.4. The van der Waals surface area contributed by atoms with E-state index in [-0.39, 0.29) is 5.78 Å². The molecule has 1 aliphatic heterocycles. The third-order valence-electron chi connectivity index (χ3n) is 3.54. The highest BCUT2D eigenvalue weighted by atomic mass is 16.2. The van der Waals surface area contributed by atoms with E-state index in [0.717, 1.165) is 11.4 Å². The van der Waals surface area contributed by atoms with Crippen LogP contribution in [0.2, 0.25) is 0 Å². The van der Waals surface area contributed by atoms with E-state index in [0.29, 0.717) is 17.2 Å². The molecule has 0 fully saturated rings. The van der Waals surface area contributed by atoms with Crippen molar-refractivity contribution in [3.05, 3.63) is 60.9 Å². The van der Waals surface area contributed by atoms with Crippen molar-refractivity contribution in [2.75, 3.05) is 16.0 Å². The van der Waals surface area contributed by atoms with E-state index in [1.807, 2.05) is 12.1 Å². The van der Waals surface area contributed by atoms with Gasteiger partial charge in [0.2, 0.25) is 6.04 Å². The van der Waals surface area contributed by atoms with E-state index in [2.05, 4.69) is 32.8 Å². The summed E-state index contributed by atoms with van der Waals surface area (Å²) >= 11 is 0. The van der Waals surface area contributed by atoms with Crippen LogP contribution in [0.15, 0.2) is 71.2 Å². The fourth-order valence-electron chi connectivity index (χ4n) is 2.34. The SMILES string of the molecule is C=C1Nc2ccc(NC(=O)C(N=Nc3ccccc3)C(C)=O)cc2N1. The number of benzene rings is 2. The highest BCUT2D eigenvalue weighted by Gasteiger charge is 2.23. The quantitative estimate of drug-likeness (QED) is 0.574. The number of carbonyl (C=O) groups excluding carboxylic acids is 2. The standard InChI is InChI=1S/C18H17N5O2/c1-11(24)17(23-22-13-6-4-3-5-7-13)18(25)21-14-8-9-15-16(10-14)20-12(2)19-15/h3-10,17,19-20H,2H2,1H3,(H,21,25). The van der Waals surface area contributed by atoms with Gasteiger partial charge in [-0.2, -0.15) is 10.2 Å². The second kappa shape index (κ2) is 6.96. The minimum absolute atomic E-state index is 0.383. The monoisotopic (exact) mass is 335 g/mol. The molecule has 25 heavy (non-hydrogen) atoms. The Kier molecular flexibility index (Phi) is 4.56. The number of hydrogen-bond donors (Lipinski definition) is 3. The molecule has 1 amide bonds. The smallest absolute Gasteiger partial charge is 0.258 e. The Morgan fingerprint density at radius 1 is 1.08 bits per heavy atom. The van der Waals surface area contributed by atoms with Gasteiger partial charge in [0.05, 0.1) is 17.1 Å². The minimum Gasteiger partial charge on any atom is -0.341 e. The predicted molar refractivity (Wildman–Crippen MR) is 96.9 cm³/mol. The molecular formula is C18H17N5O2. The molecule has 0 radical (unpaired) electrons. The molecule has 0 aliphatic carbocycles. The second-order valence-electron chi connectivity index (χ2n) is 5.54. The number of amides is 1. The fourth-order valence-corrected chi connectivity index (χ4v) is 2.34. The van der Waals surface area contributed by atoms with Crippen LogP contribution in [-0.2, 0) is 9.59 Å². The molecule has 7 heteroatoms. The lowest BCUT2D eigenvalue weighted by Gasteiger charge is -2.10. The summed E-state index contributed by atoms with van der Waals surface area (Å²) in [6, 6.07) is 13.0. The summed E-state index contributed by atoms with van der Waals surface area (Å²) in [6.07, 6.45) is 0. The van der Waals surface area contributed by atoms with Crippen LogP contribution in [-0.4, -0.2) is 17.7 Å². The van der Waals surface area contributed by atoms with Gasteiger partial charge in [-0.15, -0.1) is 0 Å². The zero-order valence-corrected chi connectivity index (χ0v) is 13.6. The predicted octanol–water partition coefficient (Wildman–Crippen LogP) is 3.68. The number of ketones is 1. The van der Waals surface area contributed by atoms with Crippen LogP contribution in [0, 0.1) is 0 Å². The molecule has 1 heterocycles. The molecule has 2 aromatic carbocycles. The molecule has 7 nitrogen and oxygen atoms in total. The highest BCUT2D eigenvalue weighted by Crippen LogP contribution is 2.32. The van der Waals surface area contributed by atoms with Crippen LogP contribution in [0.5, 0.6) is 0 Å². The van der Waals surface area contributed by atoms with Gasteiger partial charge in [0.1, 0.15) is 5.82 Å². The molecule has 1 unspecified atom stereocenters. The number of azo groups is 1. The molecule has 0 saturated carbocycles. The molecule has 1 atom stereocenters. The second-order valence-corrected chi connectivity index (χ2v) is 5.54. The summed E-state index contributed by atoms with van der Waals surface area (Å²) in [4.78, 5) is 24.2. The van der Waals surface area contributed by atoms with Gasteiger partial charge in [0.25, 0.3) is 5.91 Å². The van der Waals surface area contributed by atoms with Crippen molar-refractivity contribution in [2.45, 2.75) is 13.0 Å². The molecule has 1 aliphatic rings. The number of anilines is 3. The summed E-state index contributed by atoms with van der Waals surface area (Å²) in [5, 5.41) is 16.7. The fraction of sp³-hybridized carbons (Fsp3) is 0.111. The maximum Gasteiger partial charge on any atom is 0.258 e. The summed E-state index contributed by atoms with van der Waals surface area (Å²) in [6.45, 7) is 5.09. The first-order valence-corrected chi connectivity index (χ1v) is 7.67. The maximum absolute atomic E-state index is 12.4. The van der Waals surface area contributed by atoms with E-state index in [1.54, 1.807) is 36.4 Å². The van der Waals surface area contributed by atoms with Gasteiger partial charge in [-0.05, 0) is 37.3 Å². The first-order chi connectivity index (χ1) is 12.0. The highest BCUT2D eigenvalue weighted by molar-refractivity contribution is 6.10. The number of Topliss-reactive ketones (excluding diaryl/α,β-unsaturated/α-hetero) is 1. The van der Waals surface area contributed by atoms with Crippen LogP contribution in [0.4, 0.5) is 22.7 Å². The number of fused-ring (bicyclic) bond motifs is 1. The molecule has 0 spiro atoms.